The Morgan fingerprint density at radius 3 is 2.75 bits per heavy atom. The van der Waals surface area contributed by atoms with Gasteiger partial charge < -0.3 is 9.88 Å². The van der Waals surface area contributed by atoms with Crippen molar-refractivity contribution in [3.8, 4) is 0 Å². The molecule has 1 amide bonds. The van der Waals surface area contributed by atoms with Gasteiger partial charge in [0.2, 0.25) is 10.0 Å². The molecule has 8 nitrogen and oxygen atoms in total. The Bertz CT molecular complexity index is 1080. The van der Waals surface area contributed by atoms with Gasteiger partial charge in [0.05, 0.1) is 39.6 Å². The highest BCUT2D eigenvalue weighted by molar-refractivity contribution is 7.89. The van der Waals surface area contributed by atoms with Gasteiger partial charge in [0.25, 0.3) is 11.5 Å². The number of benzene rings is 1. The predicted molar refractivity (Wildman–Crippen MR) is 105 cm³/mol. The van der Waals surface area contributed by atoms with Gasteiger partial charge in [-0.2, -0.15) is 4.31 Å². The fourth-order valence-corrected chi connectivity index (χ4v) is 4.56. The number of nitrogens with zero attached hydrogens (tertiary/aromatic N) is 3. The first-order chi connectivity index (χ1) is 13.1. The van der Waals surface area contributed by atoms with E-state index in [2.05, 4.69) is 9.97 Å². The first kappa shape index (κ1) is 20.5. The molecule has 0 bridgehead atoms. The fourth-order valence-electron chi connectivity index (χ4n) is 2.97. The molecule has 0 saturated heterocycles. The molecule has 0 fully saturated rings. The lowest BCUT2D eigenvalue weighted by Crippen LogP contribution is -2.39. The number of aromatic amines is 1. The summed E-state index contributed by atoms with van der Waals surface area (Å²) in [4.78, 5) is 33.2. The van der Waals surface area contributed by atoms with E-state index < -0.39 is 15.9 Å². The minimum atomic E-state index is -3.76. The van der Waals surface area contributed by atoms with E-state index in [0.29, 0.717) is 24.2 Å². The Balaban J connectivity index is 1.95. The Labute approximate surface area is 168 Å². The Hall–Kier alpha value is -2.23. The highest BCUT2D eigenvalue weighted by atomic mass is 35.5. The van der Waals surface area contributed by atoms with Gasteiger partial charge in [-0.1, -0.05) is 11.6 Å². The molecule has 0 atom stereocenters. The molecule has 1 aliphatic rings. The van der Waals surface area contributed by atoms with Crippen LogP contribution in [0.2, 0.25) is 5.02 Å². The summed E-state index contributed by atoms with van der Waals surface area (Å²) in [5, 5.41) is 0.155. The molecule has 0 unspecified atom stereocenters. The van der Waals surface area contributed by atoms with E-state index in [0.717, 1.165) is 0 Å². The number of aromatic nitrogens is 2. The summed E-state index contributed by atoms with van der Waals surface area (Å²) in [5.74, 6) is -0.428. The molecule has 0 radical (unpaired) electrons. The SMILES string of the molecule is CC(C)N(C)S(=O)(=O)c1ccc(Cl)c(C(=O)N2CCc3nc[nH]c(=O)c3C2)c1. The lowest BCUT2D eigenvalue weighted by atomic mass is 10.1. The summed E-state index contributed by atoms with van der Waals surface area (Å²) in [6.45, 7) is 3.98. The second-order valence-electron chi connectivity index (χ2n) is 6.89. The zero-order valence-corrected chi connectivity index (χ0v) is 17.3. The minimum Gasteiger partial charge on any atom is -0.334 e. The van der Waals surface area contributed by atoms with Crippen LogP contribution in [0.15, 0.2) is 34.2 Å². The van der Waals surface area contributed by atoms with E-state index in [9.17, 15) is 18.0 Å². The highest BCUT2D eigenvalue weighted by Crippen LogP contribution is 2.26. The molecular weight excluding hydrogens is 404 g/mol. The maximum atomic E-state index is 13.0. The van der Waals surface area contributed by atoms with E-state index in [-0.39, 0.29) is 33.6 Å². The molecule has 150 valence electrons. The van der Waals surface area contributed by atoms with Crippen LogP contribution in [0.1, 0.15) is 35.5 Å². The van der Waals surface area contributed by atoms with E-state index in [1.807, 2.05) is 0 Å². The van der Waals surface area contributed by atoms with E-state index in [1.165, 1.54) is 40.8 Å². The van der Waals surface area contributed by atoms with Crippen LogP contribution in [-0.4, -0.2) is 53.1 Å². The van der Waals surface area contributed by atoms with Crippen LogP contribution in [0, 0.1) is 0 Å². The van der Waals surface area contributed by atoms with Gasteiger partial charge in [0.15, 0.2) is 0 Å². The van der Waals surface area contributed by atoms with Crippen molar-refractivity contribution < 1.29 is 13.2 Å². The minimum absolute atomic E-state index is 0.00614. The lowest BCUT2D eigenvalue weighted by molar-refractivity contribution is 0.0732. The summed E-state index contributed by atoms with van der Waals surface area (Å²) < 4.78 is 26.7. The van der Waals surface area contributed by atoms with Crippen molar-refractivity contribution in [2.24, 2.45) is 0 Å². The fraction of sp³-hybridized carbons (Fsp3) is 0.389. The molecule has 10 heteroatoms. The molecule has 2 heterocycles. The van der Waals surface area contributed by atoms with Crippen LogP contribution in [0.4, 0.5) is 0 Å². The molecule has 1 N–H and O–H groups in total. The zero-order chi connectivity index (χ0) is 20.6. The number of carbonyl (C=O) groups is 1. The second kappa shape index (κ2) is 7.65. The predicted octanol–water partition coefficient (Wildman–Crippen LogP) is 1.65. The van der Waals surface area contributed by atoms with E-state index >= 15 is 0 Å². The van der Waals surface area contributed by atoms with Crippen LogP contribution in [0.3, 0.4) is 0 Å². The normalized spacial score (nSPS) is 14.4. The number of halogens is 1. The first-order valence-corrected chi connectivity index (χ1v) is 10.6. The van der Waals surface area contributed by atoms with Crippen LogP contribution >= 0.6 is 11.6 Å². The van der Waals surface area contributed by atoms with Crippen LogP contribution in [0.25, 0.3) is 0 Å². The average molecular weight is 425 g/mol. The second-order valence-corrected chi connectivity index (χ2v) is 9.29. The number of rotatable bonds is 4. The Morgan fingerprint density at radius 1 is 1.36 bits per heavy atom. The molecule has 1 aromatic heterocycles. The molecule has 0 aliphatic carbocycles. The van der Waals surface area contributed by atoms with Crippen molar-refractivity contribution in [1.29, 1.82) is 0 Å². The van der Waals surface area contributed by atoms with Crippen molar-refractivity contribution in [3.63, 3.8) is 0 Å². The number of sulfonamides is 1. The monoisotopic (exact) mass is 424 g/mol. The van der Waals surface area contributed by atoms with Gasteiger partial charge in [-0.3, -0.25) is 9.59 Å². The molecule has 0 saturated carbocycles. The first-order valence-electron chi connectivity index (χ1n) is 8.75. The summed E-state index contributed by atoms with van der Waals surface area (Å²) in [6, 6.07) is 3.84. The van der Waals surface area contributed by atoms with Crippen LogP contribution in [-0.2, 0) is 23.0 Å². The van der Waals surface area contributed by atoms with Gasteiger partial charge in [-0.25, -0.2) is 13.4 Å². The van der Waals surface area contributed by atoms with E-state index in [1.54, 1.807) is 13.8 Å². The molecule has 0 spiro atoms. The number of carbonyl (C=O) groups excluding carboxylic acids is 1. The Kier molecular flexibility index (Phi) is 5.60. The van der Waals surface area contributed by atoms with Gasteiger partial charge >= 0.3 is 0 Å². The van der Waals surface area contributed by atoms with Crippen molar-refractivity contribution in [2.75, 3.05) is 13.6 Å². The number of hydrogen-bond donors (Lipinski definition) is 1. The smallest absolute Gasteiger partial charge is 0.255 e. The molecule has 1 aromatic carbocycles. The number of fused-ring (bicyclic) bond motifs is 1. The average Bonchev–Trinajstić information content (AvgIpc) is 2.67. The molecule has 3 rings (SSSR count). The largest absolute Gasteiger partial charge is 0.334 e. The number of amides is 1. The lowest BCUT2D eigenvalue weighted by Gasteiger charge is -2.28. The highest BCUT2D eigenvalue weighted by Gasteiger charge is 2.28. The molecular formula is C18H21ClN4O4S. The molecule has 1 aliphatic heterocycles. The number of H-pyrrole nitrogens is 1. The third-order valence-electron chi connectivity index (χ3n) is 4.87. The maximum Gasteiger partial charge on any atom is 0.255 e. The van der Waals surface area contributed by atoms with Crippen LogP contribution < -0.4 is 5.56 Å². The third-order valence-corrected chi connectivity index (χ3v) is 7.22. The van der Waals surface area contributed by atoms with E-state index in [4.69, 9.17) is 11.6 Å². The maximum absolute atomic E-state index is 13.0. The standard InChI is InChI=1S/C18H21ClN4O4S/c1-11(2)22(3)28(26,27)12-4-5-15(19)13(8-12)18(25)23-7-6-16-14(9-23)17(24)21-10-20-16/h4-5,8,10-11H,6-7,9H2,1-3H3,(H,20,21,24). The quantitative estimate of drug-likeness (QED) is 0.803. The summed E-state index contributed by atoms with van der Waals surface area (Å²) >= 11 is 6.20. The number of nitrogens with one attached hydrogen (secondary N) is 1. The van der Waals surface area contributed by atoms with Crippen molar-refractivity contribution in [2.45, 2.75) is 37.8 Å². The van der Waals surface area contributed by atoms with Crippen LogP contribution in [0.5, 0.6) is 0 Å². The summed E-state index contributed by atoms with van der Waals surface area (Å²) in [5.41, 5.74) is 0.891. The van der Waals surface area contributed by atoms with Crippen molar-refractivity contribution >= 4 is 27.5 Å². The summed E-state index contributed by atoms with van der Waals surface area (Å²) in [7, 11) is -2.28. The van der Waals surface area contributed by atoms with Crippen molar-refractivity contribution in [3.05, 3.63) is 56.7 Å². The van der Waals surface area contributed by atoms with Gasteiger partial charge in [-0.05, 0) is 32.0 Å². The third kappa shape index (κ3) is 3.69. The molecule has 28 heavy (non-hydrogen) atoms. The van der Waals surface area contributed by atoms with Gasteiger partial charge in [0, 0.05) is 26.1 Å². The topological polar surface area (TPSA) is 103 Å². The zero-order valence-electron chi connectivity index (χ0n) is 15.8. The number of hydrogen-bond acceptors (Lipinski definition) is 5. The van der Waals surface area contributed by atoms with Crippen molar-refractivity contribution in [1.82, 2.24) is 19.2 Å². The molecule has 2 aromatic rings. The Morgan fingerprint density at radius 2 is 2.07 bits per heavy atom. The van der Waals surface area contributed by atoms with Gasteiger partial charge in [-0.15, -0.1) is 0 Å². The summed E-state index contributed by atoms with van der Waals surface area (Å²) in [6.07, 6.45) is 1.78. The van der Waals surface area contributed by atoms with Gasteiger partial charge in [0.1, 0.15) is 0 Å².